The van der Waals surface area contributed by atoms with Crippen LogP contribution in [0.3, 0.4) is 0 Å². The largest absolute Gasteiger partial charge is 0.391 e. The molecule has 7 nitrogen and oxygen atoms in total. The van der Waals surface area contributed by atoms with Gasteiger partial charge in [-0.15, -0.1) is 0 Å². The normalized spacial score (nSPS) is 15.3. The summed E-state index contributed by atoms with van der Waals surface area (Å²) >= 11 is 0. The summed E-state index contributed by atoms with van der Waals surface area (Å²) in [6.45, 7) is 2.51. The van der Waals surface area contributed by atoms with Crippen molar-refractivity contribution in [3.05, 3.63) is 33.9 Å². The molecular weight excluding hydrogens is 274 g/mol. The van der Waals surface area contributed by atoms with E-state index in [9.17, 15) is 20.0 Å². The predicted molar refractivity (Wildman–Crippen MR) is 78.3 cm³/mol. The smallest absolute Gasteiger partial charge is 0.293 e. The molecule has 0 saturated heterocycles. The van der Waals surface area contributed by atoms with Gasteiger partial charge >= 0.3 is 0 Å². The van der Waals surface area contributed by atoms with Crippen molar-refractivity contribution in [3.8, 4) is 0 Å². The highest BCUT2D eigenvalue weighted by molar-refractivity contribution is 5.95. The summed E-state index contributed by atoms with van der Waals surface area (Å²) in [5, 5.41) is 26.4. The van der Waals surface area contributed by atoms with Crippen LogP contribution >= 0.6 is 0 Å². The number of aliphatic hydroxyl groups is 1. The Kier molecular flexibility index (Phi) is 4.74. The van der Waals surface area contributed by atoms with Crippen LogP contribution in [0.5, 0.6) is 0 Å². The standard InChI is InChI=1S/C14H19N3O4/c1-2-15-14(19)10-5-6-11(12(7-10)17(20)21)16-8-13(18)9-3-4-9/h5-7,9,13,16,18H,2-4,8H2,1H3,(H,15,19). The summed E-state index contributed by atoms with van der Waals surface area (Å²) in [5.74, 6) is -0.0451. The van der Waals surface area contributed by atoms with E-state index < -0.39 is 11.0 Å². The van der Waals surface area contributed by atoms with Crippen LogP contribution in [0.2, 0.25) is 0 Å². The number of amides is 1. The Hall–Kier alpha value is -2.15. The number of anilines is 1. The lowest BCUT2D eigenvalue weighted by atomic mass is 10.1. The van der Waals surface area contributed by atoms with Gasteiger partial charge in [0.15, 0.2) is 0 Å². The van der Waals surface area contributed by atoms with E-state index in [4.69, 9.17) is 0 Å². The van der Waals surface area contributed by atoms with Crippen LogP contribution < -0.4 is 10.6 Å². The number of rotatable bonds is 7. The number of nitrogens with zero attached hydrogens (tertiary/aromatic N) is 1. The quantitative estimate of drug-likeness (QED) is 0.522. The maximum atomic E-state index is 11.7. The fraction of sp³-hybridized carbons (Fsp3) is 0.500. The number of nitro groups is 1. The average molecular weight is 293 g/mol. The second kappa shape index (κ2) is 6.53. The maximum absolute atomic E-state index is 11.7. The van der Waals surface area contributed by atoms with Gasteiger partial charge in [0.25, 0.3) is 11.6 Å². The zero-order valence-electron chi connectivity index (χ0n) is 11.8. The van der Waals surface area contributed by atoms with Gasteiger partial charge in [-0.05, 0) is 37.8 Å². The van der Waals surface area contributed by atoms with Crippen molar-refractivity contribution in [1.29, 1.82) is 0 Å². The zero-order chi connectivity index (χ0) is 15.4. The Morgan fingerprint density at radius 2 is 2.24 bits per heavy atom. The fourth-order valence-electron chi connectivity index (χ4n) is 2.10. The van der Waals surface area contributed by atoms with Gasteiger partial charge in [-0.1, -0.05) is 0 Å². The molecule has 1 aliphatic carbocycles. The van der Waals surface area contributed by atoms with Crippen LogP contribution in [-0.2, 0) is 0 Å². The van der Waals surface area contributed by atoms with Crippen LogP contribution in [0.25, 0.3) is 0 Å². The molecular formula is C14H19N3O4. The predicted octanol–water partition coefficient (Wildman–Crippen LogP) is 1.53. The number of benzene rings is 1. The summed E-state index contributed by atoms with van der Waals surface area (Å²) < 4.78 is 0. The third-order valence-electron chi connectivity index (χ3n) is 3.46. The Labute approximate surface area is 122 Å². The van der Waals surface area contributed by atoms with E-state index in [1.165, 1.54) is 18.2 Å². The molecule has 1 aromatic rings. The first-order valence-corrected chi connectivity index (χ1v) is 7.01. The minimum atomic E-state index is -0.533. The summed E-state index contributed by atoms with van der Waals surface area (Å²) in [5.41, 5.74) is 0.395. The Balaban J connectivity index is 2.12. The van der Waals surface area contributed by atoms with Gasteiger partial charge in [0.1, 0.15) is 5.69 Å². The van der Waals surface area contributed by atoms with E-state index in [1.807, 2.05) is 0 Å². The molecule has 0 aromatic heterocycles. The van der Waals surface area contributed by atoms with Crippen LogP contribution in [0.15, 0.2) is 18.2 Å². The lowest BCUT2D eigenvalue weighted by Crippen LogP contribution is -2.23. The third kappa shape index (κ3) is 3.91. The first-order valence-electron chi connectivity index (χ1n) is 7.01. The number of nitrogens with one attached hydrogen (secondary N) is 2. The highest BCUT2D eigenvalue weighted by atomic mass is 16.6. The van der Waals surface area contributed by atoms with E-state index in [0.717, 1.165) is 12.8 Å². The monoisotopic (exact) mass is 293 g/mol. The maximum Gasteiger partial charge on any atom is 0.293 e. The molecule has 0 aliphatic heterocycles. The van der Waals surface area contributed by atoms with Crippen molar-refractivity contribution < 1.29 is 14.8 Å². The molecule has 0 spiro atoms. The van der Waals surface area contributed by atoms with Gasteiger partial charge in [-0.25, -0.2) is 0 Å². The molecule has 0 bridgehead atoms. The molecule has 7 heteroatoms. The number of carbonyl (C=O) groups is 1. The minimum Gasteiger partial charge on any atom is -0.391 e. The van der Waals surface area contributed by atoms with E-state index in [0.29, 0.717) is 18.2 Å². The van der Waals surface area contributed by atoms with Crippen LogP contribution in [0.4, 0.5) is 11.4 Å². The molecule has 1 unspecified atom stereocenters. The molecule has 3 N–H and O–H groups in total. The molecule has 1 aliphatic rings. The van der Waals surface area contributed by atoms with Gasteiger partial charge in [0.2, 0.25) is 0 Å². The molecule has 21 heavy (non-hydrogen) atoms. The lowest BCUT2D eigenvalue weighted by molar-refractivity contribution is -0.384. The van der Waals surface area contributed by atoms with Gasteiger partial charge in [-0.3, -0.25) is 14.9 Å². The topological polar surface area (TPSA) is 104 Å². The van der Waals surface area contributed by atoms with Gasteiger partial charge in [-0.2, -0.15) is 0 Å². The summed E-state index contributed by atoms with van der Waals surface area (Å²) in [6, 6.07) is 4.28. The van der Waals surface area contributed by atoms with Crippen molar-refractivity contribution in [3.63, 3.8) is 0 Å². The first kappa shape index (κ1) is 15.2. The molecule has 1 aromatic carbocycles. The number of carbonyl (C=O) groups excluding carboxylic acids is 1. The summed E-state index contributed by atoms with van der Waals surface area (Å²) in [6.07, 6.45) is 1.51. The van der Waals surface area contributed by atoms with Crippen LogP contribution in [-0.4, -0.2) is 35.1 Å². The molecule has 1 saturated carbocycles. The Morgan fingerprint density at radius 3 is 2.81 bits per heavy atom. The van der Waals surface area contributed by atoms with Crippen LogP contribution in [0, 0.1) is 16.0 Å². The van der Waals surface area contributed by atoms with E-state index in [-0.39, 0.29) is 23.7 Å². The molecule has 0 heterocycles. The molecule has 1 amide bonds. The number of nitro benzene ring substituents is 1. The highest BCUT2D eigenvalue weighted by Gasteiger charge is 2.29. The highest BCUT2D eigenvalue weighted by Crippen LogP contribution is 2.33. The lowest BCUT2D eigenvalue weighted by Gasteiger charge is -2.12. The summed E-state index contributed by atoms with van der Waals surface area (Å²) in [4.78, 5) is 22.3. The van der Waals surface area contributed by atoms with Crippen molar-refractivity contribution in [2.75, 3.05) is 18.4 Å². The minimum absolute atomic E-state index is 0.165. The van der Waals surface area contributed by atoms with Gasteiger partial charge < -0.3 is 15.7 Å². The number of hydrogen-bond donors (Lipinski definition) is 3. The van der Waals surface area contributed by atoms with Crippen molar-refractivity contribution in [2.45, 2.75) is 25.9 Å². The Morgan fingerprint density at radius 1 is 1.52 bits per heavy atom. The summed E-state index contributed by atoms with van der Waals surface area (Å²) in [7, 11) is 0. The molecule has 2 rings (SSSR count). The van der Waals surface area contributed by atoms with E-state index in [2.05, 4.69) is 10.6 Å². The van der Waals surface area contributed by atoms with Crippen LogP contribution in [0.1, 0.15) is 30.1 Å². The molecule has 1 fully saturated rings. The third-order valence-corrected chi connectivity index (χ3v) is 3.46. The van der Waals surface area contributed by atoms with Crippen molar-refractivity contribution >= 4 is 17.3 Å². The molecule has 114 valence electrons. The van der Waals surface area contributed by atoms with E-state index >= 15 is 0 Å². The molecule has 1 atom stereocenters. The van der Waals surface area contributed by atoms with Crippen molar-refractivity contribution in [1.82, 2.24) is 5.32 Å². The number of hydrogen-bond acceptors (Lipinski definition) is 5. The van der Waals surface area contributed by atoms with Crippen molar-refractivity contribution in [2.24, 2.45) is 5.92 Å². The Bertz CT molecular complexity index is 543. The average Bonchev–Trinajstić information content (AvgIpc) is 3.29. The van der Waals surface area contributed by atoms with Gasteiger partial charge in [0.05, 0.1) is 11.0 Å². The first-order chi connectivity index (χ1) is 10.0. The number of aliphatic hydroxyl groups excluding tert-OH is 1. The van der Waals surface area contributed by atoms with E-state index in [1.54, 1.807) is 6.92 Å². The fourth-order valence-corrected chi connectivity index (χ4v) is 2.10. The zero-order valence-corrected chi connectivity index (χ0v) is 11.8. The van der Waals surface area contributed by atoms with Gasteiger partial charge in [0, 0.05) is 24.7 Å². The second-order valence-corrected chi connectivity index (χ2v) is 5.13. The molecule has 0 radical (unpaired) electrons. The SMILES string of the molecule is CCNC(=O)c1ccc(NCC(O)C2CC2)c([N+](=O)[O-])c1. The second-order valence-electron chi connectivity index (χ2n) is 5.13.